The fourth-order valence-corrected chi connectivity index (χ4v) is 0.617. The predicted octanol–water partition coefficient (Wildman–Crippen LogP) is 3.32. The Bertz CT molecular complexity index is 85.7. The van der Waals surface area contributed by atoms with Gasteiger partial charge >= 0.3 is 0 Å². The summed E-state index contributed by atoms with van der Waals surface area (Å²) in [6.07, 6.45) is 2.65. The summed E-state index contributed by atoms with van der Waals surface area (Å²) in [5, 5.41) is 0.510. The second-order valence-corrected chi connectivity index (χ2v) is 2.83. The van der Waals surface area contributed by atoms with Crippen LogP contribution in [0.25, 0.3) is 0 Å². The Labute approximate surface area is 64.4 Å². The molecule has 0 unspecified atom stereocenters. The normalized spacial score (nSPS) is 12.9. The quantitative estimate of drug-likeness (QED) is 0.562. The van der Waals surface area contributed by atoms with Crippen molar-refractivity contribution in [3.63, 3.8) is 0 Å². The Kier molecular flexibility index (Phi) is 4.83. The van der Waals surface area contributed by atoms with Crippen LogP contribution in [0.15, 0.2) is 11.1 Å². The first kappa shape index (κ1) is 8.61. The minimum Gasteiger partial charge on any atom is -0.0991 e. The maximum Gasteiger partial charge on any atom is 0.142 e. The lowest BCUT2D eigenvalue weighted by molar-refractivity contribution is 1.20. The molecule has 3 heteroatoms. The SMILES string of the molecule is CCC=C(Cl)C(Cl)Cl. The van der Waals surface area contributed by atoms with Gasteiger partial charge in [-0.2, -0.15) is 0 Å². The Balaban J connectivity index is 3.61. The van der Waals surface area contributed by atoms with E-state index in [0.717, 1.165) is 6.42 Å². The van der Waals surface area contributed by atoms with E-state index in [-0.39, 0.29) is 0 Å². The summed E-state index contributed by atoms with van der Waals surface area (Å²) in [6.45, 7) is 1.97. The van der Waals surface area contributed by atoms with Gasteiger partial charge in [0.1, 0.15) is 4.84 Å². The molecule has 0 spiro atoms. The smallest absolute Gasteiger partial charge is 0.0991 e. The van der Waals surface area contributed by atoms with E-state index >= 15 is 0 Å². The molecule has 0 aliphatic heterocycles. The summed E-state index contributed by atoms with van der Waals surface area (Å²) in [5.74, 6) is 0. The third-order valence-electron chi connectivity index (χ3n) is 0.608. The van der Waals surface area contributed by atoms with Gasteiger partial charge in [-0.05, 0) is 6.42 Å². The maximum atomic E-state index is 5.51. The standard InChI is InChI=1S/C5H7Cl3/c1-2-3-4(6)5(7)8/h3,5H,2H2,1H3. The third-order valence-corrected chi connectivity index (χ3v) is 1.67. The summed E-state index contributed by atoms with van der Waals surface area (Å²) in [4.78, 5) is -0.559. The molecule has 0 aromatic carbocycles. The van der Waals surface area contributed by atoms with Crippen LogP contribution in [0.2, 0.25) is 0 Å². The van der Waals surface area contributed by atoms with Crippen LogP contribution in [0.1, 0.15) is 13.3 Å². The Morgan fingerprint density at radius 1 is 1.62 bits per heavy atom. The van der Waals surface area contributed by atoms with Crippen molar-refractivity contribution in [3.05, 3.63) is 11.1 Å². The van der Waals surface area contributed by atoms with E-state index < -0.39 is 4.84 Å². The van der Waals surface area contributed by atoms with Crippen LogP contribution in [0.4, 0.5) is 0 Å². The van der Waals surface area contributed by atoms with Gasteiger partial charge in [0.2, 0.25) is 0 Å². The summed E-state index contributed by atoms with van der Waals surface area (Å²) in [5.41, 5.74) is 0. The van der Waals surface area contributed by atoms with Gasteiger partial charge in [-0.1, -0.05) is 47.8 Å². The van der Waals surface area contributed by atoms with E-state index in [2.05, 4.69) is 0 Å². The highest BCUT2D eigenvalue weighted by molar-refractivity contribution is 6.52. The van der Waals surface area contributed by atoms with Crippen molar-refractivity contribution in [2.75, 3.05) is 0 Å². The molecule has 0 aliphatic carbocycles. The molecule has 0 saturated heterocycles. The molecule has 0 radical (unpaired) electrons. The summed E-state index contributed by atoms with van der Waals surface area (Å²) in [7, 11) is 0. The number of halogens is 3. The molecule has 0 heterocycles. The lowest BCUT2D eigenvalue weighted by atomic mass is 10.4. The second kappa shape index (κ2) is 4.49. The van der Waals surface area contributed by atoms with E-state index in [1.165, 1.54) is 0 Å². The molecule has 0 rings (SSSR count). The van der Waals surface area contributed by atoms with Gasteiger partial charge in [0.05, 0.1) is 0 Å². The second-order valence-electron chi connectivity index (χ2n) is 1.30. The highest BCUT2D eigenvalue weighted by Crippen LogP contribution is 2.17. The molecule has 0 bridgehead atoms. The first-order valence-corrected chi connectivity index (χ1v) is 3.57. The average Bonchev–Trinajstić information content (AvgIpc) is 1.67. The van der Waals surface area contributed by atoms with Crippen molar-refractivity contribution < 1.29 is 0 Å². The Morgan fingerprint density at radius 3 is 2.25 bits per heavy atom. The first-order chi connectivity index (χ1) is 3.68. The van der Waals surface area contributed by atoms with Crippen molar-refractivity contribution in [2.45, 2.75) is 18.2 Å². The molecule has 0 aromatic rings. The van der Waals surface area contributed by atoms with Crippen LogP contribution in [0.5, 0.6) is 0 Å². The van der Waals surface area contributed by atoms with Crippen molar-refractivity contribution in [2.24, 2.45) is 0 Å². The van der Waals surface area contributed by atoms with Crippen LogP contribution < -0.4 is 0 Å². The topological polar surface area (TPSA) is 0 Å². The highest BCUT2D eigenvalue weighted by Gasteiger charge is 2.00. The lowest BCUT2D eigenvalue weighted by Gasteiger charge is -1.94. The largest absolute Gasteiger partial charge is 0.142 e. The van der Waals surface area contributed by atoms with Crippen LogP contribution >= 0.6 is 34.8 Å². The fourth-order valence-electron chi connectivity index (χ4n) is 0.284. The fraction of sp³-hybridized carbons (Fsp3) is 0.600. The zero-order valence-corrected chi connectivity index (χ0v) is 6.76. The van der Waals surface area contributed by atoms with Crippen LogP contribution in [-0.2, 0) is 0 Å². The van der Waals surface area contributed by atoms with E-state index in [4.69, 9.17) is 34.8 Å². The van der Waals surface area contributed by atoms with E-state index in [9.17, 15) is 0 Å². The van der Waals surface area contributed by atoms with Gasteiger partial charge in [-0.25, -0.2) is 0 Å². The molecule has 0 aromatic heterocycles. The number of hydrogen-bond donors (Lipinski definition) is 0. The van der Waals surface area contributed by atoms with Crippen molar-refractivity contribution in [1.82, 2.24) is 0 Å². The van der Waals surface area contributed by atoms with Gasteiger partial charge in [0, 0.05) is 5.03 Å². The van der Waals surface area contributed by atoms with Crippen molar-refractivity contribution >= 4 is 34.8 Å². The van der Waals surface area contributed by atoms with Crippen LogP contribution in [0.3, 0.4) is 0 Å². The zero-order chi connectivity index (χ0) is 6.57. The van der Waals surface area contributed by atoms with Crippen molar-refractivity contribution in [3.8, 4) is 0 Å². The number of allylic oxidation sites excluding steroid dienone is 2. The third kappa shape index (κ3) is 3.59. The maximum absolute atomic E-state index is 5.51. The van der Waals surface area contributed by atoms with Gasteiger partial charge in [-0.15, -0.1) is 0 Å². The Morgan fingerprint density at radius 2 is 2.12 bits per heavy atom. The van der Waals surface area contributed by atoms with E-state index in [0.29, 0.717) is 5.03 Å². The molecule has 0 nitrogen and oxygen atoms in total. The number of alkyl halides is 2. The molecular formula is C5H7Cl3. The zero-order valence-electron chi connectivity index (χ0n) is 4.50. The Hall–Kier alpha value is 0.610. The van der Waals surface area contributed by atoms with Crippen LogP contribution in [0, 0.1) is 0 Å². The summed E-state index contributed by atoms with van der Waals surface area (Å²) in [6, 6.07) is 0. The molecule has 0 amide bonds. The van der Waals surface area contributed by atoms with Crippen molar-refractivity contribution in [1.29, 1.82) is 0 Å². The molecule has 0 fully saturated rings. The molecule has 0 N–H and O–H groups in total. The van der Waals surface area contributed by atoms with E-state index in [1.54, 1.807) is 6.08 Å². The average molecular weight is 173 g/mol. The highest BCUT2D eigenvalue weighted by atomic mass is 35.5. The molecule has 0 saturated carbocycles. The predicted molar refractivity (Wildman–Crippen MR) is 39.7 cm³/mol. The summed E-state index contributed by atoms with van der Waals surface area (Å²) >= 11 is 16.3. The van der Waals surface area contributed by atoms with Gasteiger partial charge in [0.15, 0.2) is 0 Å². The molecule has 0 atom stereocenters. The number of hydrogen-bond acceptors (Lipinski definition) is 0. The molecule has 0 aliphatic rings. The van der Waals surface area contributed by atoms with Gasteiger partial charge in [-0.3, -0.25) is 0 Å². The monoisotopic (exact) mass is 172 g/mol. The summed E-state index contributed by atoms with van der Waals surface area (Å²) < 4.78 is 0. The molecule has 48 valence electrons. The van der Waals surface area contributed by atoms with Crippen LogP contribution in [-0.4, -0.2) is 4.84 Å². The number of rotatable bonds is 2. The first-order valence-electron chi connectivity index (χ1n) is 2.32. The minimum absolute atomic E-state index is 0.510. The lowest BCUT2D eigenvalue weighted by Crippen LogP contribution is -1.83. The molecular weight excluding hydrogens is 166 g/mol. The van der Waals surface area contributed by atoms with E-state index in [1.807, 2.05) is 6.92 Å². The minimum atomic E-state index is -0.559. The van der Waals surface area contributed by atoms with Gasteiger partial charge in [0.25, 0.3) is 0 Å². The molecule has 8 heavy (non-hydrogen) atoms. The van der Waals surface area contributed by atoms with Gasteiger partial charge < -0.3 is 0 Å².